The standard InChI is InChI=1S/C21H35ClN6/c1-23-21(25-11-4-2-5-13-27-14-6-3-7-15-27)26-18-10-16-28(17-18)20-19(22)9-8-12-24-20/h8-9,12,18H,2-7,10-11,13-17H2,1H3,(H2,23,25,26). The molecular weight excluding hydrogens is 372 g/mol. The van der Waals surface area contributed by atoms with Gasteiger partial charge in [0.15, 0.2) is 5.96 Å². The highest BCUT2D eigenvalue weighted by molar-refractivity contribution is 6.32. The smallest absolute Gasteiger partial charge is 0.191 e. The lowest BCUT2D eigenvalue weighted by atomic mass is 10.1. The van der Waals surface area contributed by atoms with Gasteiger partial charge in [0.2, 0.25) is 0 Å². The average molecular weight is 407 g/mol. The predicted octanol–water partition coefficient (Wildman–Crippen LogP) is 3.13. The molecule has 3 rings (SSSR count). The molecule has 0 amide bonds. The van der Waals surface area contributed by atoms with E-state index in [-0.39, 0.29) is 0 Å². The van der Waals surface area contributed by atoms with E-state index in [1.165, 1.54) is 58.2 Å². The SMILES string of the molecule is CN=C(NCCCCCN1CCCCC1)NC1CCN(c2ncccc2Cl)C1. The first-order valence-electron chi connectivity index (χ1n) is 10.8. The number of aliphatic imine (C=N–C) groups is 1. The number of likely N-dealkylation sites (tertiary alicyclic amines) is 1. The highest BCUT2D eigenvalue weighted by atomic mass is 35.5. The van der Waals surface area contributed by atoms with Crippen molar-refractivity contribution in [2.24, 2.45) is 4.99 Å². The van der Waals surface area contributed by atoms with E-state index in [1.54, 1.807) is 6.20 Å². The van der Waals surface area contributed by atoms with Gasteiger partial charge < -0.3 is 20.4 Å². The van der Waals surface area contributed by atoms with Gasteiger partial charge in [-0.2, -0.15) is 0 Å². The van der Waals surface area contributed by atoms with Crippen molar-refractivity contribution < 1.29 is 0 Å². The summed E-state index contributed by atoms with van der Waals surface area (Å²) < 4.78 is 0. The Hall–Kier alpha value is -1.53. The summed E-state index contributed by atoms with van der Waals surface area (Å²) in [4.78, 5) is 13.7. The lowest BCUT2D eigenvalue weighted by molar-refractivity contribution is 0.224. The van der Waals surface area contributed by atoms with Gasteiger partial charge in [-0.05, 0) is 63.9 Å². The molecule has 7 heteroatoms. The summed E-state index contributed by atoms with van der Waals surface area (Å²) in [6, 6.07) is 4.13. The van der Waals surface area contributed by atoms with Crippen molar-refractivity contribution in [1.29, 1.82) is 0 Å². The quantitative estimate of drug-likeness (QED) is 0.394. The fraction of sp³-hybridized carbons (Fsp3) is 0.714. The number of aromatic nitrogens is 1. The van der Waals surface area contributed by atoms with Gasteiger partial charge in [0.05, 0.1) is 5.02 Å². The lowest BCUT2D eigenvalue weighted by Crippen LogP contribution is -2.44. The number of guanidine groups is 1. The largest absolute Gasteiger partial charge is 0.356 e. The Balaban J connectivity index is 1.30. The molecule has 28 heavy (non-hydrogen) atoms. The first-order valence-corrected chi connectivity index (χ1v) is 11.2. The number of unbranched alkanes of at least 4 members (excludes halogenated alkanes) is 2. The van der Waals surface area contributed by atoms with Gasteiger partial charge >= 0.3 is 0 Å². The highest BCUT2D eigenvalue weighted by Crippen LogP contribution is 2.25. The molecule has 1 aromatic rings. The van der Waals surface area contributed by atoms with Crippen molar-refractivity contribution in [3.05, 3.63) is 23.4 Å². The van der Waals surface area contributed by atoms with Crippen LogP contribution in [-0.2, 0) is 0 Å². The summed E-state index contributed by atoms with van der Waals surface area (Å²) in [5.74, 6) is 1.78. The van der Waals surface area contributed by atoms with Crippen LogP contribution in [0.25, 0.3) is 0 Å². The van der Waals surface area contributed by atoms with Gasteiger partial charge in [-0.15, -0.1) is 0 Å². The average Bonchev–Trinajstić information content (AvgIpc) is 3.19. The van der Waals surface area contributed by atoms with E-state index in [4.69, 9.17) is 11.6 Å². The molecule has 156 valence electrons. The minimum Gasteiger partial charge on any atom is -0.356 e. The maximum absolute atomic E-state index is 6.28. The summed E-state index contributed by atoms with van der Waals surface area (Å²) in [5.41, 5.74) is 0. The number of piperidine rings is 1. The molecule has 0 aromatic carbocycles. The van der Waals surface area contributed by atoms with Gasteiger partial charge in [0.1, 0.15) is 5.82 Å². The number of pyridine rings is 1. The lowest BCUT2D eigenvalue weighted by Gasteiger charge is -2.26. The highest BCUT2D eigenvalue weighted by Gasteiger charge is 2.25. The summed E-state index contributed by atoms with van der Waals surface area (Å²) in [6.45, 7) is 6.70. The summed E-state index contributed by atoms with van der Waals surface area (Å²) in [7, 11) is 1.84. The number of anilines is 1. The fourth-order valence-corrected chi connectivity index (χ4v) is 4.34. The molecule has 3 heterocycles. The van der Waals surface area contributed by atoms with E-state index in [0.29, 0.717) is 6.04 Å². The third-order valence-corrected chi connectivity index (χ3v) is 5.98. The molecule has 1 atom stereocenters. The molecule has 0 aliphatic carbocycles. The Morgan fingerprint density at radius 2 is 2.07 bits per heavy atom. The second-order valence-electron chi connectivity index (χ2n) is 7.85. The van der Waals surface area contributed by atoms with E-state index in [2.05, 4.69) is 30.4 Å². The van der Waals surface area contributed by atoms with Crippen LogP contribution in [0, 0.1) is 0 Å². The summed E-state index contributed by atoms with van der Waals surface area (Å²) >= 11 is 6.28. The first kappa shape index (κ1) is 21.2. The zero-order valence-electron chi connectivity index (χ0n) is 17.2. The van der Waals surface area contributed by atoms with Gasteiger partial charge in [-0.25, -0.2) is 4.98 Å². The molecule has 6 nitrogen and oxygen atoms in total. The molecule has 0 bridgehead atoms. The van der Waals surface area contributed by atoms with E-state index < -0.39 is 0 Å². The predicted molar refractivity (Wildman–Crippen MR) is 119 cm³/mol. The Kier molecular flexibility index (Phi) is 8.68. The van der Waals surface area contributed by atoms with E-state index in [0.717, 1.165) is 42.9 Å². The minimum absolute atomic E-state index is 0.364. The molecule has 0 spiro atoms. The maximum Gasteiger partial charge on any atom is 0.191 e. The Labute approximate surface area is 174 Å². The van der Waals surface area contributed by atoms with Crippen molar-refractivity contribution in [2.45, 2.75) is 51.0 Å². The van der Waals surface area contributed by atoms with Crippen molar-refractivity contribution in [2.75, 3.05) is 51.2 Å². The van der Waals surface area contributed by atoms with Crippen LogP contribution in [0.1, 0.15) is 44.9 Å². The zero-order chi connectivity index (χ0) is 19.6. The molecule has 0 saturated carbocycles. The van der Waals surface area contributed by atoms with Gasteiger partial charge in [0, 0.05) is 38.9 Å². The minimum atomic E-state index is 0.364. The van der Waals surface area contributed by atoms with Crippen LogP contribution in [-0.4, -0.2) is 68.2 Å². The van der Waals surface area contributed by atoms with E-state index in [1.807, 2.05) is 19.2 Å². The van der Waals surface area contributed by atoms with E-state index >= 15 is 0 Å². The van der Waals surface area contributed by atoms with Gasteiger partial charge in [-0.3, -0.25) is 4.99 Å². The van der Waals surface area contributed by atoms with Crippen LogP contribution < -0.4 is 15.5 Å². The number of hydrogen-bond donors (Lipinski definition) is 2. The number of halogens is 1. The zero-order valence-corrected chi connectivity index (χ0v) is 17.9. The Morgan fingerprint density at radius 3 is 2.86 bits per heavy atom. The number of rotatable bonds is 8. The molecule has 2 fully saturated rings. The summed E-state index contributed by atoms with van der Waals surface area (Å²) in [5, 5.41) is 7.73. The number of hydrogen-bond acceptors (Lipinski definition) is 4. The topological polar surface area (TPSA) is 55.8 Å². The molecule has 2 N–H and O–H groups in total. The molecule has 2 aliphatic rings. The monoisotopic (exact) mass is 406 g/mol. The molecule has 2 saturated heterocycles. The van der Waals surface area contributed by atoms with Crippen LogP contribution in [0.3, 0.4) is 0 Å². The fourth-order valence-electron chi connectivity index (χ4n) is 4.10. The maximum atomic E-state index is 6.28. The Morgan fingerprint density at radius 1 is 1.21 bits per heavy atom. The van der Waals surface area contributed by atoms with Gasteiger partial charge in [-0.1, -0.05) is 24.4 Å². The summed E-state index contributed by atoms with van der Waals surface area (Å²) in [6.07, 6.45) is 10.8. The number of nitrogens with zero attached hydrogens (tertiary/aromatic N) is 4. The van der Waals surface area contributed by atoms with Crippen molar-refractivity contribution in [3.8, 4) is 0 Å². The second-order valence-corrected chi connectivity index (χ2v) is 8.25. The van der Waals surface area contributed by atoms with Gasteiger partial charge in [0.25, 0.3) is 0 Å². The second kappa shape index (κ2) is 11.5. The molecule has 1 unspecified atom stereocenters. The molecular formula is C21H35ClN6. The van der Waals surface area contributed by atoms with Crippen LogP contribution in [0.4, 0.5) is 5.82 Å². The third kappa shape index (κ3) is 6.52. The normalized spacial score (nSPS) is 21.1. The molecule has 2 aliphatic heterocycles. The van der Waals surface area contributed by atoms with Crippen molar-refractivity contribution in [1.82, 2.24) is 20.5 Å². The molecule has 0 radical (unpaired) electrons. The van der Waals surface area contributed by atoms with Crippen LogP contribution in [0.2, 0.25) is 5.02 Å². The van der Waals surface area contributed by atoms with Crippen LogP contribution in [0.15, 0.2) is 23.3 Å². The van der Waals surface area contributed by atoms with E-state index in [9.17, 15) is 0 Å². The first-order chi connectivity index (χ1) is 13.8. The van der Waals surface area contributed by atoms with Crippen molar-refractivity contribution in [3.63, 3.8) is 0 Å². The third-order valence-electron chi connectivity index (χ3n) is 5.68. The Bertz CT molecular complexity index is 617. The van der Waals surface area contributed by atoms with Crippen molar-refractivity contribution >= 4 is 23.4 Å². The number of nitrogens with one attached hydrogen (secondary N) is 2. The van der Waals surface area contributed by atoms with Crippen LogP contribution in [0.5, 0.6) is 0 Å². The molecule has 1 aromatic heterocycles. The van der Waals surface area contributed by atoms with Crippen LogP contribution >= 0.6 is 11.6 Å².